The van der Waals surface area contributed by atoms with Gasteiger partial charge in [-0.15, -0.1) is 0 Å². The second kappa shape index (κ2) is 8.37. The first kappa shape index (κ1) is 15.3. The van der Waals surface area contributed by atoms with Crippen LogP contribution in [0.4, 0.5) is 0 Å². The van der Waals surface area contributed by atoms with Crippen molar-refractivity contribution in [2.24, 2.45) is 0 Å². The molecule has 0 bridgehead atoms. The monoisotopic (exact) mass is 267 g/mol. The fraction of sp³-hybridized carbons (Fsp3) is 0.500. The van der Waals surface area contributed by atoms with E-state index in [4.69, 9.17) is 9.47 Å². The van der Waals surface area contributed by atoms with Crippen molar-refractivity contribution in [3.8, 4) is 11.5 Å². The van der Waals surface area contributed by atoms with Crippen LogP contribution in [0.15, 0.2) is 18.2 Å². The number of carbonyl (C=O) groups is 1. The van der Waals surface area contributed by atoms with E-state index in [0.717, 1.165) is 0 Å². The van der Waals surface area contributed by atoms with Gasteiger partial charge in [-0.05, 0) is 19.9 Å². The zero-order chi connectivity index (χ0) is 14.1. The molecule has 0 fully saturated rings. The van der Waals surface area contributed by atoms with Crippen LogP contribution in [0.1, 0.15) is 25.8 Å². The number of nitrogens with one attached hydrogen (secondary N) is 1. The summed E-state index contributed by atoms with van der Waals surface area (Å²) in [6.07, 6.45) is 0.277. The van der Waals surface area contributed by atoms with Crippen molar-refractivity contribution in [1.82, 2.24) is 5.32 Å². The molecule has 0 aliphatic heterocycles. The Bertz CT molecular complexity index is 406. The number of rotatable bonds is 8. The standard InChI is InChI=1S/C14H21NO4/c1-3-15-13(17)8-9-19-14-11(10-16)6-5-7-12(14)18-4-2/h5-7,16H,3-4,8-10H2,1-2H3,(H,15,17). The minimum absolute atomic E-state index is 0.0538. The van der Waals surface area contributed by atoms with Crippen LogP contribution < -0.4 is 14.8 Å². The van der Waals surface area contributed by atoms with Gasteiger partial charge in [-0.3, -0.25) is 4.79 Å². The Morgan fingerprint density at radius 2 is 2.11 bits per heavy atom. The molecule has 0 heterocycles. The third-order valence-electron chi connectivity index (χ3n) is 2.48. The summed E-state index contributed by atoms with van der Waals surface area (Å²) >= 11 is 0. The van der Waals surface area contributed by atoms with Crippen molar-refractivity contribution in [2.45, 2.75) is 26.9 Å². The second-order valence-corrected chi connectivity index (χ2v) is 3.89. The molecule has 0 aromatic heterocycles. The molecule has 0 atom stereocenters. The number of hydrogen-bond acceptors (Lipinski definition) is 4. The lowest BCUT2D eigenvalue weighted by Crippen LogP contribution is -2.24. The smallest absolute Gasteiger partial charge is 0.223 e. The van der Waals surface area contributed by atoms with Gasteiger partial charge >= 0.3 is 0 Å². The molecule has 0 saturated carbocycles. The summed E-state index contributed by atoms with van der Waals surface area (Å²) in [5, 5.41) is 12.0. The number of ether oxygens (including phenoxy) is 2. The van der Waals surface area contributed by atoms with Gasteiger partial charge in [0.15, 0.2) is 11.5 Å². The second-order valence-electron chi connectivity index (χ2n) is 3.89. The highest BCUT2D eigenvalue weighted by molar-refractivity contribution is 5.75. The lowest BCUT2D eigenvalue weighted by Gasteiger charge is -2.14. The highest BCUT2D eigenvalue weighted by Gasteiger charge is 2.11. The molecule has 1 amide bonds. The van der Waals surface area contributed by atoms with E-state index in [2.05, 4.69) is 5.32 Å². The molecule has 5 nitrogen and oxygen atoms in total. The summed E-state index contributed by atoms with van der Waals surface area (Å²) in [4.78, 5) is 11.3. The Hall–Kier alpha value is -1.75. The third kappa shape index (κ3) is 4.79. The summed E-state index contributed by atoms with van der Waals surface area (Å²) in [5.74, 6) is 1.04. The van der Waals surface area contributed by atoms with E-state index < -0.39 is 0 Å². The molecule has 0 aliphatic carbocycles. The van der Waals surface area contributed by atoms with Gasteiger partial charge in [0.2, 0.25) is 5.91 Å². The summed E-state index contributed by atoms with van der Waals surface area (Å²) in [7, 11) is 0. The van der Waals surface area contributed by atoms with Crippen LogP contribution in [0, 0.1) is 0 Å². The molecule has 0 spiro atoms. The van der Waals surface area contributed by atoms with Crippen LogP contribution in [0.25, 0.3) is 0 Å². The number of aliphatic hydroxyl groups is 1. The normalized spacial score (nSPS) is 10.1. The molecule has 0 unspecified atom stereocenters. The lowest BCUT2D eigenvalue weighted by atomic mass is 10.2. The minimum atomic E-state index is -0.128. The fourth-order valence-corrected chi connectivity index (χ4v) is 1.65. The first-order valence-corrected chi connectivity index (χ1v) is 6.47. The Morgan fingerprint density at radius 1 is 1.32 bits per heavy atom. The van der Waals surface area contributed by atoms with Crippen molar-refractivity contribution in [3.05, 3.63) is 23.8 Å². The SMILES string of the molecule is CCNC(=O)CCOc1c(CO)cccc1OCC. The fourth-order valence-electron chi connectivity index (χ4n) is 1.65. The van der Waals surface area contributed by atoms with Crippen LogP contribution in [-0.4, -0.2) is 30.8 Å². The summed E-state index contributed by atoms with van der Waals surface area (Å²) < 4.78 is 11.0. The highest BCUT2D eigenvalue weighted by atomic mass is 16.5. The van der Waals surface area contributed by atoms with Gasteiger partial charge < -0.3 is 19.9 Å². The maximum absolute atomic E-state index is 11.3. The summed E-state index contributed by atoms with van der Waals surface area (Å²) in [6, 6.07) is 5.35. The van der Waals surface area contributed by atoms with E-state index in [0.29, 0.717) is 30.2 Å². The van der Waals surface area contributed by atoms with Crippen molar-refractivity contribution in [3.63, 3.8) is 0 Å². The molecule has 1 aromatic carbocycles. The van der Waals surface area contributed by atoms with Crippen LogP contribution >= 0.6 is 0 Å². The molecule has 5 heteroatoms. The Labute approximate surface area is 113 Å². The lowest BCUT2D eigenvalue weighted by molar-refractivity contribution is -0.121. The number of para-hydroxylation sites is 1. The minimum Gasteiger partial charge on any atom is -0.490 e. The number of carbonyl (C=O) groups excluding carboxylic acids is 1. The molecule has 0 aliphatic rings. The first-order valence-electron chi connectivity index (χ1n) is 6.47. The van der Waals surface area contributed by atoms with Gasteiger partial charge in [0.1, 0.15) is 0 Å². The third-order valence-corrected chi connectivity index (χ3v) is 2.48. The van der Waals surface area contributed by atoms with Crippen molar-refractivity contribution in [2.75, 3.05) is 19.8 Å². The Kier molecular flexibility index (Phi) is 6.74. The number of aliphatic hydroxyl groups excluding tert-OH is 1. The van der Waals surface area contributed by atoms with Crippen molar-refractivity contribution >= 4 is 5.91 Å². The largest absolute Gasteiger partial charge is 0.490 e. The Balaban J connectivity index is 2.66. The zero-order valence-corrected chi connectivity index (χ0v) is 11.4. The van der Waals surface area contributed by atoms with E-state index in [-0.39, 0.29) is 25.5 Å². The van der Waals surface area contributed by atoms with Crippen molar-refractivity contribution < 1.29 is 19.4 Å². The highest BCUT2D eigenvalue weighted by Crippen LogP contribution is 2.31. The molecule has 1 aromatic rings. The van der Waals surface area contributed by atoms with E-state index in [1.165, 1.54) is 0 Å². The van der Waals surface area contributed by atoms with Crippen LogP contribution in [0.2, 0.25) is 0 Å². The molecular weight excluding hydrogens is 246 g/mol. The Morgan fingerprint density at radius 3 is 2.74 bits per heavy atom. The maximum Gasteiger partial charge on any atom is 0.223 e. The summed E-state index contributed by atoms with van der Waals surface area (Å²) in [6.45, 7) is 5.00. The molecule has 19 heavy (non-hydrogen) atoms. The van der Waals surface area contributed by atoms with Gasteiger partial charge in [0.05, 0.1) is 26.2 Å². The van der Waals surface area contributed by atoms with E-state index in [1.54, 1.807) is 18.2 Å². The average molecular weight is 267 g/mol. The molecule has 1 rings (SSSR count). The molecule has 2 N–H and O–H groups in total. The van der Waals surface area contributed by atoms with Crippen LogP contribution in [-0.2, 0) is 11.4 Å². The van der Waals surface area contributed by atoms with E-state index >= 15 is 0 Å². The number of hydrogen-bond donors (Lipinski definition) is 2. The average Bonchev–Trinajstić information content (AvgIpc) is 2.41. The molecule has 0 radical (unpaired) electrons. The topological polar surface area (TPSA) is 67.8 Å². The molecule has 0 saturated heterocycles. The van der Waals surface area contributed by atoms with Gasteiger partial charge in [0.25, 0.3) is 0 Å². The number of amides is 1. The summed E-state index contributed by atoms with van der Waals surface area (Å²) in [5.41, 5.74) is 0.654. The maximum atomic E-state index is 11.3. The van der Waals surface area contributed by atoms with Gasteiger partial charge in [-0.25, -0.2) is 0 Å². The molecular formula is C14H21NO4. The predicted octanol–water partition coefficient (Wildman–Crippen LogP) is 1.48. The van der Waals surface area contributed by atoms with Gasteiger partial charge in [0, 0.05) is 12.1 Å². The van der Waals surface area contributed by atoms with E-state index in [9.17, 15) is 9.90 Å². The first-order chi connectivity index (χ1) is 9.22. The quantitative estimate of drug-likeness (QED) is 0.748. The van der Waals surface area contributed by atoms with Crippen molar-refractivity contribution in [1.29, 1.82) is 0 Å². The van der Waals surface area contributed by atoms with Crippen LogP contribution in [0.3, 0.4) is 0 Å². The van der Waals surface area contributed by atoms with E-state index in [1.807, 2.05) is 13.8 Å². The van der Waals surface area contributed by atoms with Gasteiger partial charge in [-0.2, -0.15) is 0 Å². The zero-order valence-electron chi connectivity index (χ0n) is 11.4. The predicted molar refractivity (Wildman–Crippen MR) is 72.3 cm³/mol. The number of benzene rings is 1. The molecule has 106 valence electrons. The van der Waals surface area contributed by atoms with Crippen LogP contribution in [0.5, 0.6) is 11.5 Å². The van der Waals surface area contributed by atoms with Gasteiger partial charge in [-0.1, -0.05) is 12.1 Å².